The van der Waals surface area contributed by atoms with Gasteiger partial charge in [-0.2, -0.15) is 0 Å². The van der Waals surface area contributed by atoms with Gasteiger partial charge in [0.25, 0.3) is 0 Å². The molecule has 0 radical (unpaired) electrons. The number of esters is 2. The zero-order valence-electron chi connectivity index (χ0n) is 17.0. The van der Waals surface area contributed by atoms with Crippen molar-refractivity contribution in [3.63, 3.8) is 0 Å². The standard InChI is InChI=1S/C23H37NO3/c1-2-3-4-5-6-7-8-9-10-11-15-18-22(25)27-23(26)21(24)19-20-16-13-12-14-17-20/h12-14,16-17,21H,2-11,15,18-19,24H2,1H3. The maximum atomic E-state index is 11.9. The van der Waals surface area contributed by atoms with Crippen LogP contribution in [0.2, 0.25) is 0 Å². The number of nitrogens with two attached hydrogens (primary N) is 1. The van der Waals surface area contributed by atoms with Gasteiger partial charge in [0.05, 0.1) is 0 Å². The fraction of sp³-hybridized carbons (Fsp3) is 0.652. The van der Waals surface area contributed by atoms with Gasteiger partial charge in [0.15, 0.2) is 0 Å². The molecular formula is C23H37NO3. The molecule has 4 heteroatoms. The maximum absolute atomic E-state index is 11.9. The van der Waals surface area contributed by atoms with Crippen LogP contribution >= 0.6 is 0 Å². The van der Waals surface area contributed by atoms with Gasteiger partial charge in [0.1, 0.15) is 6.04 Å². The van der Waals surface area contributed by atoms with E-state index in [-0.39, 0.29) is 0 Å². The third kappa shape index (κ3) is 12.4. The molecule has 0 aliphatic carbocycles. The third-order valence-corrected chi connectivity index (χ3v) is 4.80. The lowest BCUT2D eigenvalue weighted by molar-refractivity contribution is -0.160. The number of hydrogen-bond acceptors (Lipinski definition) is 4. The van der Waals surface area contributed by atoms with Crippen molar-refractivity contribution in [1.29, 1.82) is 0 Å². The summed E-state index contributed by atoms with van der Waals surface area (Å²) in [6.45, 7) is 2.24. The van der Waals surface area contributed by atoms with Crippen LogP contribution in [0.5, 0.6) is 0 Å². The van der Waals surface area contributed by atoms with Gasteiger partial charge >= 0.3 is 11.9 Å². The Kier molecular flexibility index (Phi) is 13.3. The molecule has 0 aliphatic rings. The maximum Gasteiger partial charge on any atom is 0.330 e. The van der Waals surface area contributed by atoms with Crippen molar-refractivity contribution in [2.45, 2.75) is 96.4 Å². The Bertz CT molecular complexity index is 516. The van der Waals surface area contributed by atoms with E-state index < -0.39 is 18.0 Å². The van der Waals surface area contributed by atoms with Crippen molar-refractivity contribution in [3.8, 4) is 0 Å². The molecule has 0 aromatic heterocycles. The third-order valence-electron chi connectivity index (χ3n) is 4.80. The highest BCUT2D eigenvalue weighted by Gasteiger charge is 2.18. The fourth-order valence-electron chi connectivity index (χ4n) is 3.12. The second kappa shape index (κ2) is 15.4. The van der Waals surface area contributed by atoms with Crippen LogP contribution in [-0.4, -0.2) is 18.0 Å². The van der Waals surface area contributed by atoms with Gasteiger partial charge in [-0.05, 0) is 18.4 Å². The highest BCUT2D eigenvalue weighted by Crippen LogP contribution is 2.12. The van der Waals surface area contributed by atoms with Gasteiger partial charge in [-0.1, -0.05) is 101 Å². The number of benzene rings is 1. The summed E-state index contributed by atoms with van der Waals surface area (Å²) in [6.07, 6.45) is 14.2. The summed E-state index contributed by atoms with van der Waals surface area (Å²) < 4.78 is 4.87. The Hall–Kier alpha value is -1.68. The highest BCUT2D eigenvalue weighted by atomic mass is 16.6. The van der Waals surface area contributed by atoms with Crippen LogP contribution in [0.1, 0.15) is 89.5 Å². The molecule has 0 aliphatic heterocycles. The smallest absolute Gasteiger partial charge is 0.330 e. The first-order valence-corrected chi connectivity index (χ1v) is 10.7. The summed E-state index contributed by atoms with van der Waals surface area (Å²) in [5, 5.41) is 0. The fourth-order valence-corrected chi connectivity index (χ4v) is 3.12. The number of hydrogen-bond donors (Lipinski definition) is 1. The Morgan fingerprint density at radius 2 is 1.37 bits per heavy atom. The molecule has 1 unspecified atom stereocenters. The van der Waals surface area contributed by atoms with Crippen molar-refractivity contribution in [2.75, 3.05) is 0 Å². The number of unbranched alkanes of at least 4 members (excludes halogenated alkanes) is 10. The Balaban J connectivity index is 1.99. The van der Waals surface area contributed by atoms with Crippen LogP contribution in [0.4, 0.5) is 0 Å². The summed E-state index contributed by atoms with van der Waals surface area (Å²) in [6, 6.07) is 8.70. The molecule has 1 aromatic rings. The van der Waals surface area contributed by atoms with Gasteiger partial charge in [-0.3, -0.25) is 4.79 Å². The van der Waals surface area contributed by atoms with E-state index in [4.69, 9.17) is 10.5 Å². The number of carbonyl (C=O) groups excluding carboxylic acids is 2. The van der Waals surface area contributed by atoms with Crippen molar-refractivity contribution < 1.29 is 14.3 Å². The number of rotatable bonds is 15. The average molecular weight is 376 g/mol. The molecule has 1 aromatic carbocycles. The normalized spacial score (nSPS) is 11.9. The number of ether oxygens (including phenoxy) is 1. The highest BCUT2D eigenvalue weighted by molar-refractivity contribution is 5.88. The van der Waals surface area contributed by atoms with E-state index >= 15 is 0 Å². The first-order chi connectivity index (χ1) is 13.1. The molecule has 2 N–H and O–H groups in total. The first kappa shape index (κ1) is 23.4. The molecule has 0 bridgehead atoms. The van der Waals surface area contributed by atoms with Crippen LogP contribution in [-0.2, 0) is 20.7 Å². The quantitative estimate of drug-likeness (QED) is 0.256. The molecule has 0 saturated heterocycles. The van der Waals surface area contributed by atoms with E-state index in [2.05, 4.69) is 6.92 Å². The number of carbonyl (C=O) groups is 2. The summed E-state index contributed by atoms with van der Waals surface area (Å²) in [4.78, 5) is 23.7. The van der Waals surface area contributed by atoms with E-state index in [0.29, 0.717) is 12.8 Å². The van der Waals surface area contributed by atoms with Crippen molar-refractivity contribution >= 4 is 11.9 Å². The SMILES string of the molecule is CCCCCCCCCCCCCC(=O)OC(=O)C(N)Cc1ccccc1. The van der Waals surface area contributed by atoms with Gasteiger partial charge in [-0.15, -0.1) is 0 Å². The second-order valence-corrected chi connectivity index (χ2v) is 7.37. The monoisotopic (exact) mass is 375 g/mol. The van der Waals surface area contributed by atoms with Crippen LogP contribution < -0.4 is 5.73 Å². The van der Waals surface area contributed by atoms with Gasteiger partial charge in [0.2, 0.25) is 0 Å². The molecule has 1 rings (SSSR count). The van der Waals surface area contributed by atoms with Gasteiger partial charge in [0, 0.05) is 6.42 Å². The predicted octanol–water partition coefficient (Wildman–Crippen LogP) is 5.33. The average Bonchev–Trinajstić information content (AvgIpc) is 2.66. The Morgan fingerprint density at radius 3 is 1.93 bits per heavy atom. The minimum Gasteiger partial charge on any atom is -0.392 e. The molecule has 0 spiro atoms. The second-order valence-electron chi connectivity index (χ2n) is 7.37. The van der Waals surface area contributed by atoms with Crippen LogP contribution in [0.25, 0.3) is 0 Å². The van der Waals surface area contributed by atoms with Gasteiger partial charge in [-0.25, -0.2) is 4.79 Å². The summed E-state index contributed by atoms with van der Waals surface area (Å²) >= 11 is 0. The lowest BCUT2D eigenvalue weighted by Gasteiger charge is -2.10. The molecule has 1 atom stereocenters. The molecule has 27 heavy (non-hydrogen) atoms. The van der Waals surface area contributed by atoms with E-state index in [0.717, 1.165) is 24.8 Å². The van der Waals surface area contributed by atoms with E-state index in [1.54, 1.807) is 0 Å². The first-order valence-electron chi connectivity index (χ1n) is 10.7. The lowest BCUT2D eigenvalue weighted by Crippen LogP contribution is -2.35. The van der Waals surface area contributed by atoms with Crippen LogP contribution in [0.3, 0.4) is 0 Å². The minimum atomic E-state index is -0.798. The zero-order chi connectivity index (χ0) is 19.7. The Labute approximate surface area is 164 Å². The topological polar surface area (TPSA) is 69.4 Å². The van der Waals surface area contributed by atoms with E-state index in [1.807, 2.05) is 30.3 Å². The summed E-state index contributed by atoms with van der Waals surface area (Å²) in [5.41, 5.74) is 6.79. The van der Waals surface area contributed by atoms with Gasteiger partial charge < -0.3 is 10.5 Å². The molecule has 0 saturated carbocycles. The molecule has 0 heterocycles. The van der Waals surface area contributed by atoms with Crippen molar-refractivity contribution in [2.24, 2.45) is 5.73 Å². The van der Waals surface area contributed by atoms with E-state index in [1.165, 1.54) is 51.4 Å². The molecule has 0 amide bonds. The zero-order valence-corrected chi connectivity index (χ0v) is 17.0. The van der Waals surface area contributed by atoms with E-state index in [9.17, 15) is 9.59 Å². The predicted molar refractivity (Wildman–Crippen MR) is 110 cm³/mol. The summed E-state index contributed by atoms with van der Waals surface area (Å²) in [7, 11) is 0. The lowest BCUT2D eigenvalue weighted by atomic mass is 10.1. The van der Waals surface area contributed by atoms with Crippen LogP contribution in [0, 0.1) is 0 Å². The van der Waals surface area contributed by atoms with Crippen molar-refractivity contribution in [3.05, 3.63) is 35.9 Å². The Morgan fingerprint density at radius 1 is 0.852 bits per heavy atom. The molecule has 4 nitrogen and oxygen atoms in total. The largest absolute Gasteiger partial charge is 0.392 e. The minimum absolute atomic E-state index is 0.292. The molecule has 0 fully saturated rings. The molecular weight excluding hydrogens is 338 g/mol. The van der Waals surface area contributed by atoms with Crippen molar-refractivity contribution in [1.82, 2.24) is 0 Å². The summed E-state index contributed by atoms with van der Waals surface area (Å²) in [5.74, 6) is -1.09. The molecule has 152 valence electrons. The van der Waals surface area contributed by atoms with Crippen LogP contribution in [0.15, 0.2) is 30.3 Å².